The largest absolute Gasteiger partial charge is 0.484 e. The molecular weight excluding hydrogens is 378 g/mol. The van der Waals surface area contributed by atoms with Crippen molar-refractivity contribution in [2.45, 2.75) is 13.0 Å². The summed E-state index contributed by atoms with van der Waals surface area (Å²) in [6.45, 7) is 1.79. The number of nitrogens with one attached hydrogen (secondary N) is 1. The highest BCUT2D eigenvalue weighted by Crippen LogP contribution is 2.23. The molecule has 0 aliphatic carbocycles. The van der Waals surface area contributed by atoms with Crippen LogP contribution in [-0.2, 0) is 4.79 Å². The summed E-state index contributed by atoms with van der Waals surface area (Å²) in [5, 5.41) is 3.36. The van der Waals surface area contributed by atoms with Gasteiger partial charge in [0, 0.05) is 6.07 Å². The molecule has 30 heavy (non-hydrogen) atoms. The van der Waals surface area contributed by atoms with E-state index in [1.54, 1.807) is 18.2 Å². The van der Waals surface area contributed by atoms with E-state index in [2.05, 4.69) is 5.32 Å². The molecule has 0 fully saturated rings. The van der Waals surface area contributed by atoms with Crippen LogP contribution < -0.4 is 15.5 Å². The number of hydrogen-bond donors (Lipinski definition) is 1. The second-order valence-corrected chi connectivity index (χ2v) is 6.99. The molecule has 4 rings (SSSR count). The molecule has 3 aromatic carbocycles. The van der Waals surface area contributed by atoms with Gasteiger partial charge < -0.3 is 14.5 Å². The topological polar surface area (TPSA) is 68.5 Å². The van der Waals surface area contributed by atoms with E-state index in [4.69, 9.17) is 9.15 Å². The summed E-state index contributed by atoms with van der Waals surface area (Å²) in [6, 6.07) is 23.9. The van der Waals surface area contributed by atoms with Crippen LogP contribution in [0.3, 0.4) is 0 Å². The van der Waals surface area contributed by atoms with E-state index >= 15 is 0 Å². The van der Waals surface area contributed by atoms with E-state index in [1.165, 1.54) is 6.26 Å². The lowest BCUT2D eigenvalue weighted by atomic mass is 10.1. The van der Waals surface area contributed by atoms with Crippen molar-refractivity contribution < 1.29 is 13.9 Å². The van der Waals surface area contributed by atoms with E-state index < -0.39 is 0 Å². The zero-order valence-corrected chi connectivity index (χ0v) is 16.5. The number of amides is 1. The van der Waals surface area contributed by atoms with E-state index in [-0.39, 0.29) is 24.0 Å². The number of carbonyl (C=O) groups is 1. The predicted molar refractivity (Wildman–Crippen MR) is 116 cm³/mol. The second kappa shape index (κ2) is 8.66. The van der Waals surface area contributed by atoms with Crippen molar-refractivity contribution in [3.63, 3.8) is 0 Å². The minimum atomic E-state index is -0.229. The molecule has 1 heterocycles. The van der Waals surface area contributed by atoms with E-state index in [0.717, 1.165) is 11.1 Å². The van der Waals surface area contributed by atoms with Crippen molar-refractivity contribution in [2.75, 3.05) is 6.61 Å². The number of ether oxygens (including phenoxy) is 1. The summed E-state index contributed by atoms with van der Waals surface area (Å²) in [5.41, 5.74) is 2.63. The maximum absolute atomic E-state index is 12.8. The van der Waals surface area contributed by atoms with Crippen molar-refractivity contribution >= 4 is 16.9 Å². The number of benzene rings is 3. The average Bonchev–Trinajstić information content (AvgIpc) is 2.79. The molecule has 150 valence electrons. The summed E-state index contributed by atoms with van der Waals surface area (Å²) in [5.74, 6) is 0.230. The Kier molecular flexibility index (Phi) is 5.61. The molecular formula is C25H21NO4. The van der Waals surface area contributed by atoms with Crippen LogP contribution in [0.4, 0.5) is 0 Å². The Morgan fingerprint density at radius 1 is 1.00 bits per heavy atom. The van der Waals surface area contributed by atoms with Crippen LogP contribution in [0.1, 0.15) is 18.5 Å². The summed E-state index contributed by atoms with van der Waals surface area (Å²) in [7, 11) is 0. The van der Waals surface area contributed by atoms with Crippen molar-refractivity contribution in [3.05, 3.63) is 101 Å². The van der Waals surface area contributed by atoms with Gasteiger partial charge in [0.1, 0.15) is 17.6 Å². The first kappa shape index (κ1) is 19.5. The Hall–Kier alpha value is -3.86. The zero-order chi connectivity index (χ0) is 20.9. The third kappa shape index (κ3) is 4.25. The van der Waals surface area contributed by atoms with Crippen LogP contribution in [0.25, 0.3) is 22.1 Å². The lowest BCUT2D eigenvalue weighted by Gasteiger charge is -2.14. The Morgan fingerprint density at radius 2 is 1.70 bits per heavy atom. The standard InChI is InChI=1S/C25H21NO4/c1-17(18-8-4-2-5-9-18)26-24(27)16-29-20-12-13-21-23(14-20)30-15-22(25(21)28)19-10-6-3-7-11-19/h2-15,17H,16H2,1H3,(H,26,27)/t17-/m1/s1. The van der Waals surface area contributed by atoms with Gasteiger partial charge in [-0.2, -0.15) is 0 Å². The third-order valence-electron chi connectivity index (χ3n) is 4.88. The maximum Gasteiger partial charge on any atom is 0.258 e. The molecule has 0 unspecified atom stereocenters. The molecule has 1 N–H and O–H groups in total. The second-order valence-electron chi connectivity index (χ2n) is 6.99. The third-order valence-corrected chi connectivity index (χ3v) is 4.88. The van der Waals surface area contributed by atoms with Gasteiger partial charge in [-0.25, -0.2) is 0 Å². The van der Waals surface area contributed by atoms with E-state index in [0.29, 0.717) is 22.3 Å². The quantitative estimate of drug-likeness (QED) is 0.510. The van der Waals surface area contributed by atoms with Gasteiger partial charge in [-0.15, -0.1) is 0 Å². The fourth-order valence-corrected chi connectivity index (χ4v) is 3.27. The maximum atomic E-state index is 12.8. The van der Waals surface area contributed by atoms with Gasteiger partial charge >= 0.3 is 0 Å². The molecule has 0 spiro atoms. The molecule has 0 bridgehead atoms. The van der Waals surface area contributed by atoms with Crippen molar-refractivity contribution in [1.29, 1.82) is 0 Å². The first-order valence-corrected chi connectivity index (χ1v) is 9.70. The summed E-state index contributed by atoms with van der Waals surface area (Å²) in [6.07, 6.45) is 1.46. The van der Waals surface area contributed by atoms with Gasteiger partial charge in [0.05, 0.1) is 17.0 Å². The fraction of sp³-hybridized carbons (Fsp3) is 0.120. The molecule has 0 radical (unpaired) electrons. The van der Waals surface area contributed by atoms with Crippen LogP contribution in [-0.4, -0.2) is 12.5 Å². The van der Waals surface area contributed by atoms with Crippen LogP contribution in [0.2, 0.25) is 0 Å². The van der Waals surface area contributed by atoms with Crippen LogP contribution in [0, 0.1) is 0 Å². The van der Waals surface area contributed by atoms with E-state index in [1.807, 2.05) is 67.6 Å². The lowest BCUT2D eigenvalue weighted by Crippen LogP contribution is -2.31. The van der Waals surface area contributed by atoms with Gasteiger partial charge in [0.25, 0.3) is 5.91 Å². The first-order chi connectivity index (χ1) is 14.6. The normalized spacial score (nSPS) is 11.8. The van der Waals surface area contributed by atoms with E-state index in [9.17, 15) is 9.59 Å². The first-order valence-electron chi connectivity index (χ1n) is 9.70. The van der Waals surface area contributed by atoms with Crippen molar-refractivity contribution in [3.8, 4) is 16.9 Å². The lowest BCUT2D eigenvalue weighted by molar-refractivity contribution is -0.123. The molecule has 0 saturated carbocycles. The SMILES string of the molecule is C[C@@H](NC(=O)COc1ccc2c(=O)c(-c3ccccc3)coc2c1)c1ccccc1. The Bertz CT molecular complexity index is 1220. The van der Waals surface area contributed by atoms with Crippen LogP contribution in [0.15, 0.2) is 94.3 Å². The zero-order valence-electron chi connectivity index (χ0n) is 16.5. The molecule has 4 aromatic rings. The monoisotopic (exact) mass is 399 g/mol. The van der Waals surface area contributed by atoms with Crippen LogP contribution >= 0.6 is 0 Å². The van der Waals surface area contributed by atoms with Gasteiger partial charge in [-0.3, -0.25) is 9.59 Å². The Labute approximate surface area is 173 Å². The molecule has 5 heteroatoms. The Morgan fingerprint density at radius 3 is 2.43 bits per heavy atom. The molecule has 1 aromatic heterocycles. The fourth-order valence-electron chi connectivity index (χ4n) is 3.27. The predicted octanol–water partition coefficient (Wildman–Crippen LogP) is 4.72. The van der Waals surface area contributed by atoms with Gasteiger partial charge in [0.15, 0.2) is 12.0 Å². The highest BCUT2D eigenvalue weighted by Gasteiger charge is 2.12. The molecule has 0 saturated heterocycles. The van der Waals surface area contributed by atoms with Gasteiger partial charge in [-0.1, -0.05) is 60.7 Å². The number of rotatable bonds is 6. The Balaban J connectivity index is 1.45. The average molecular weight is 399 g/mol. The van der Waals surface area contributed by atoms with Gasteiger partial charge in [-0.05, 0) is 30.2 Å². The van der Waals surface area contributed by atoms with Crippen molar-refractivity contribution in [2.24, 2.45) is 0 Å². The number of carbonyl (C=O) groups excluding carboxylic acids is 1. The molecule has 5 nitrogen and oxygen atoms in total. The van der Waals surface area contributed by atoms with Crippen molar-refractivity contribution in [1.82, 2.24) is 5.32 Å². The van der Waals surface area contributed by atoms with Crippen LogP contribution in [0.5, 0.6) is 5.75 Å². The summed E-state index contributed by atoms with van der Waals surface area (Å²) in [4.78, 5) is 25.0. The molecule has 0 aliphatic heterocycles. The minimum Gasteiger partial charge on any atom is -0.484 e. The molecule has 0 aliphatic rings. The molecule has 1 amide bonds. The number of fused-ring (bicyclic) bond motifs is 1. The van der Waals surface area contributed by atoms with Gasteiger partial charge in [0.2, 0.25) is 0 Å². The smallest absolute Gasteiger partial charge is 0.258 e. The number of hydrogen-bond acceptors (Lipinski definition) is 4. The minimum absolute atomic E-state index is 0.108. The highest BCUT2D eigenvalue weighted by atomic mass is 16.5. The highest BCUT2D eigenvalue weighted by molar-refractivity contribution is 5.83. The summed E-state index contributed by atoms with van der Waals surface area (Å²) < 4.78 is 11.3. The summed E-state index contributed by atoms with van der Waals surface area (Å²) >= 11 is 0. The molecule has 1 atom stereocenters.